The van der Waals surface area contributed by atoms with Crippen LogP contribution in [0.25, 0.3) is 0 Å². The predicted octanol–water partition coefficient (Wildman–Crippen LogP) is 3.31. The Morgan fingerprint density at radius 2 is 2.05 bits per heavy atom. The van der Waals surface area contributed by atoms with E-state index in [0.29, 0.717) is 12.0 Å². The molecule has 0 spiro atoms. The zero-order valence-corrected chi connectivity index (χ0v) is 11.7. The van der Waals surface area contributed by atoms with Gasteiger partial charge in [0.2, 0.25) is 0 Å². The lowest BCUT2D eigenvalue weighted by molar-refractivity contribution is 0.0139. The summed E-state index contributed by atoms with van der Waals surface area (Å²) in [6.45, 7) is 0.727. The van der Waals surface area contributed by atoms with Gasteiger partial charge >= 0.3 is 0 Å². The molecule has 1 saturated heterocycles. The van der Waals surface area contributed by atoms with Gasteiger partial charge < -0.3 is 14.5 Å². The fourth-order valence-corrected chi connectivity index (χ4v) is 3.07. The van der Waals surface area contributed by atoms with E-state index in [0.717, 1.165) is 48.6 Å². The molecular weight excluding hydrogens is 266 g/mol. The average molecular weight is 283 g/mol. The number of ether oxygens (including phenoxy) is 2. The summed E-state index contributed by atoms with van der Waals surface area (Å²) in [7, 11) is 0. The molecule has 1 aromatic heterocycles. The topological polar surface area (TPSA) is 51.3 Å². The molecule has 0 aliphatic carbocycles. The number of hydrogen-bond donors (Lipinski definition) is 1. The molecule has 2 aromatic rings. The van der Waals surface area contributed by atoms with Crippen molar-refractivity contribution in [3.05, 3.63) is 57.5 Å². The highest BCUT2D eigenvalue weighted by molar-refractivity contribution is 5.48. The van der Waals surface area contributed by atoms with Crippen LogP contribution >= 0.6 is 0 Å². The Hall–Kier alpha value is -2.07. The van der Waals surface area contributed by atoms with E-state index >= 15 is 0 Å². The molecule has 3 heterocycles. The molecule has 2 aliphatic rings. The van der Waals surface area contributed by atoms with Crippen LogP contribution in [0.1, 0.15) is 42.2 Å². The molecule has 0 saturated carbocycles. The number of aromatic amines is 1. The zero-order valence-electron chi connectivity index (χ0n) is 11.7. The minimum Gasteiger partial charge on any atom is -0.455 e. The lowest BCUT2D eigenvalue weighted by Crippen LogP contribution is -2.23. The highest BCUT2D eigenvalue weighted by Crippen LogP contribution is 2.36. The highest BCUT2D eigenvalue weighted by atomic mass is 16.5. The number of rotatable bonds is 1. The molecule has 21 heavy (non-hydrogen) atoms. The normalized spacial score (nSPS) is 20.3. The van der Waals surface area contributed by atoms with Crippen LogP contribution in [0.5, 0.6) is 11.5 Å². The van der Waals surface area contributed by atoms with Crippen LogP contribution in [0.2, 0.25) is 0 Å². The molecule has 0 amide bonds. The predicted molar refractivity (Wildman–Crippen MR) is 78.9 cm³/mol. The van der Waals surface area contributed by atoms with Gasteiger partial charge in [0.15, 0.2) is 0 Å². The molecule has 0 bridgehead atoms. The van der Waals surface area contributed by atoms with E-state index in [9.17, 15) is 4.79 Å². The van der Waals surface area contributed by atoms with Gasteiger partial charge in [-0.3, -0.25) is 4.79 Å². The molecule has 4 rings (SSSR count). The number of H-pyrrole nitrogens is 1. The summed E-state index contributed by atoms with van der Waals surface area (Å²) in [6.07, 6.45) is 3.67. The van der Waals surface area contributed by atoms with Crippen molar-refractivity contribution in [3.63, 3.8) is 0 Å². The summed E-state index contributed by atoms with van der Waals surface area (Å²) in [5.74, 6) is 1.62. The Morgan fingerprint density at radius 1 is 1.14 bits per heavy atom. The van der Waals surface area contributed by atoms with Gasteiger partial charge in [0.25, 0.3) is 5.56 Å². The number of pyridine rings is 1. The van der Waals surface area contributed by atoms with Crippen molar-refractivity contribution in [1.82, 2.24) is 4.98 Å². The summed E-state index contributed by atoms with van der Waals surface area (Å²) < 4.78 is 11.7. The first-order valence-corrected chi connectivity index (χ1v) is 7.45. The van der Waals surface area contributed by atoms with Crippen LogP contribution in [0, 0.1) is 0 Å². The van der Waals surface area contributed by atoms with Gasteiger partial charge in [0, 0.05) is 24.2 Å². The first-order chi connectivity index (χ1) is 10.3. The van der Waals surface area contributed by atoms with Crippen molar-refractivity contribution in [3.8, 4) is 11.5 Å². The maximum absolute atomic E-state index is 12.3. The molecule has 1 aromatic carbocycles. The van der Waals surface area contributed by atoms with E-state index in [1.807, 2.05) is 30.3 Å². The molecule has 1 fully saturated rings. The van der Waals surface area contributed by atoms with Crippen LogP contribution in [0.15, 0.2) is 35.1 Å². The Balaban J connectivity index is 1.73. The maximum Gasteiger partial charge on any atom is 0.254 e. The second-order valence-electron chi connectivity index (χ2n) is 5.64. The number of fused-ring (bicyclic) bond motifs is 2. The quantitative estimate of drug-likeness (QED) is 0.745. The third-order valence-corrected chi connectivity index (χ3v) is 4.20. The van der Waals surface area contributed by atoms with Crippen LogP contribution < -0.4 is 10.3 Å². The maximum atomic E-state index is 12.3. The van der Waals surface area contributed by atoms with Gasteiger partial charge in [-0.2, -0.15) is 0 Å². The minimum absolute atomic E-state index is 0.0522. The summed E-state index contributed by atoms with van der Waals surface area (Å²) in [5, 5.41) is 0. The monoisotopic (exact) mass is 283 g/mol. The highest BCUT2D eigenvalue weighted by Gasteiger charge is 2.24. The molecule has 2 aliphatic heterocycles. The van der Waals surface area contributed by atoms with Gasteiger partial charge in [-0.05, 0) is 31.4 Å². The molecule has 0 radical (unpaired) electrons. The summed E-state index contributed by atoms with van der Waals surface area (Å²) >= 11 is 0. The lowest BCUT2D eigenvalue weighted by atomic mass is 10.00. The fraction of sp³-hybridized carbons (Fsp3) is 0.353. The molecular formula is C17H17NO3. The van der Waals surface area contributed by atoms with E-state index in [-0.39, 0.29) is 11.7 Å². The number of para-hydroxylation sites is 1. The number of hydrogen-bond acceptors (Lipinski definition) is 3. The van der Waals surface area contributed by atoms with Crippen molar-refractivity contribution in [2.45, 2.75) is 31.8 Å². The fourth-order valence-electron chi connectivity index (χ4n) is 3.07. The van der Waals surface area contributed by atoms with Crippen molar-refractivity contribution in [2.75, 3.05) is 6.61 Å². The lowest BCUT2D eigenvalue weighted by Gasteiger charge is -2.25. The first-order valence-electron chi connectivity index (χ1n) is 7.45. The minimum atomic E-state index is -0.103. The summed E-state index contributed by atoms with van der Waals surface area (Å²) in [6, 6.07) is 9.78. The summed E-state index contributed by atoms with van der Waals surface area (Å²) in [4.78, 5) is 15.3. The number of aromatic nitrogens is 1. The largest absolute Gasteiger partial charge is 0.455 e. The van der Waals surface area contributed by atoms with Crippen molar-refractivity contribution in [1.29, 1.82) is 0 Å². The van der Waals surface area contributed by atoms with Crippen molar-refractivity contribution < 1.29 is 9.47 Å². The van der Waals surface area contributed by atoms with Crippen LogP contribution in [0.3, 0.4) is 0 Å². The number of benzene rings is 1. The molecule has 4 nitrogen and oxygen atoms in total. The van der Waals surface area contributed by atoms with Gasteiger partial charge in [-0.1, -0.05) is 18.2 Å². The van der Waals surface area contributed by atoms with Gasteiger partial charge in [-0.25, -0.2) is 0 Å². The summed E-state index contributed by atoms with van der Waals surface area (Å²) in [5.41, 5.74) is 2.58. The van der Waals surface area contributed by atoms with E-state index in [4.69, 9.17) is 9.47 Å². The zero-order chi connectivity index (χ0) is 14.2. The molecule has 1 unspecified atom stereocenters. The molecule has 4 heteroatoms. The van der Waals surface area contributed by atoms with Crippen LogP contribution in [0.4, 0.5) is 0 Å². The van der Waals surface area contributed by atoms with Crippen LogP contribution in [-0.4, -0.2) is 11.6 Å². The van der Waals surface area contributed by atoms with Crippen LogP contribution in [-0.2, 0) is 11.2 Å². The molecule has 1 atom stereocenters. The smallest absolute Gasteiger partial charge is 0.254 e. The van der Waals surface area contributed by atoms with Crippen molar-refractivity contribution >= 4 is 0 Å². The van der Waals surface area contributed by atoms with E-state index in [2.05, 4.69) is 4.98 Å². The molecule has 1 N–H and O–H groups in total. The van der Waals surface area contributed by atoms with Gasteiger partial charge in [-0.15, -0.1) is 0 Å². The van der Waals surface area contributed by atoms with Crippen molar-refractivity contribution in [2.24, 2.45) is 0 Å². The first kappa shape index (κ1) is 12.7. The standard InChI is InChI=1S/C17H17NO3/c19-17-12(15-7-3-4-8-20-15)10-16-13(18-17)9-11-5-1-2-6-14(11)21-16/h1-2,5-6,10,15H,3-4,7-9H2,(H,18,19). The SMILES string of the molecule is O=c1[nH]c2c(cc1C1CCCCO1)Oc1ccccc1C2. The Labute approximate surface area is 122 Å². The Kier molecular flexibility index (Phi) is 3.04. The van der Waals surface area contributed by atoms with E-state index in [1.54, 1.807) is 0 Å². The Bertz CT molecular complexity index is 729. The van der Waals surface area contributed by atoms with Gasteiger partial charge in [0.05, 0.1) is 11.8 Å². The van der Waals surface area contributed by atoms with E-state index in [1.165, 1.54) is 0 Å². The third-order valence-electron chi connectivity index (χ3n) is 4.20. The Morgan fingerprint density at radius 3 is 2.90 bits per heavy atom. The van der Waals surface area contributed by atoms with E-state index < -0.39 is 0 Å². The number of nitrogens with one attached hydrogen (secondary N) is 1. The molecule has 108 valence electrons. The second kappa shape index (κ2) is 5.04. The van der Waals surface area contributed by atoms with Gasteiger partial charge in [0.1, 0.15) is 11.5 Å². The second-order valence-corrected chi connectivity index (χ2v) is 5.64. The third kappa shape index (κ3) is 2.25. The average Bonchev–Trinajstić information content (AvgIpc) is 2.53.